The van der Waals surface area contributed by atoms with Gasteiger partial charge in [-0.15, -0.1) is 0 Å². The quantitative estimate of drug-likeness (QED) is 0.940. The normalized spacial score (nSPS) is 12.7. The molecule has 0 aliphatic heterocycles. The third-order valence-corrected chi connectivity index (χ3v) is 4.46. The number of nitrogens with two attached hydrogens (primary N) is 1. The Labute approximate surface area is 123 Å². The Morgan fingerprint density at radius 3 is 2.79 bits per heavy atom. The molecule has 2 N–H and O–H groups in total. The molecule has 1 aromatic heterocycles. The maximum absolute atomic E-state index is 6.33. The topological polar surface area (TPSA) is 43.8 Å². The monoisotopic (exact) mass is 295 g/mol. The molecule has 2 rings (SSSR count). The number of benzene rings is 1. The van der Waals surface area contributed by atoms with Crippen LogP contribution in [0, 0.1) is 6.92 Å². The van der Waals surface area contributed by atoms with E-state index >= 15 is 0 Å². The summed E-state index contributed by atoms with van der Waals surface area (Å²) in [6.07, 6.45) is 0.819. The van der Waals surface area contributed by atoms with E-state index in [0.717, 1.165) is 27.1 Å². The van der Waals surface area contributed by atoms with E-state index in [4.69, 9.17) is 17.3 Å². The molecule has 0 spiro atoms. The van der Waals surface area contributed by atoms with Crippen molar-refractivity contribution in [3.05, 3.63) is 40.5 Å². The van der Waals surface area contributed by atoms with Crippen LogP contribution >= 0.6 is 23.4 Å². The molecule has 1 heterocycles. The molecule has 0 amide bonds. The second-order valence-electron chi connectivity index (χ2n) is 4.76. The van der Waals surface area contributed by atoms with Crippen molar-refractivity contribution in [2.75, 3.05) is 0 Å². The maximum Gasteiger partial charge on any atom is 0.0987 e. The number of rotatable bonds is 4. The summed E-state index contributed by atoms with van der Waals surface area (Å²) in [7, 11) is 1.94. The first-order valence-electron chi connectivity index (χ1n) is 6.19. The summed E-state index contributed by atoms with van der Waals surface area (Å²) >= 11 is 7.97. The Morgan fingerprint density at radius 1 is 1.47 bits per heavy atom. The van der Waals surface area contributed by atoms with Crippen LogP contribution in [0.5, 0.6) is 0 Å². The van der Waals surface area contributed by atoms with Crippen molar-refractivity contribution in [3.63, 3.8) is 0 Å². The Bertz CT molecular complexity index is 578. The summed E-state index contributed by atoms with van der Waals surface area (Å²) in [6, 6.07) is 8.15. The SMILES string of the molecule is Cc1cc(Sc2c(Cl)cccc2CC(C)N)n(C)n1. The van der Waals surface area contributed by atoms with E-state index in [9.17, 15) is 0 Å². The van der Waals surface area contributed by atoms with E-state index in [-0.39, 0.29) is 6.04 Å². The van der Waals surface area contributed by atoms with E-state index in [1.54, 1.807) is 11.8 Å². The zero-order valence-electron chi connectivity index (χ0n) is 11.4. The van der Waals surface area contributed by atoms with Crippen LogP contribution < -0.4 is 5.73 Å². The van der Waals surface area contributed by atoms with E-state index < -0.39 is 0 Å². The molecule has 0 aliphatic rings. The van der Waals surface area contributed by atoms with Crippen molar-refractivity contribution in [1.82, 2.24) is 9.78 Å². The van der Waals surface area contributed by atoms with Crippen molar-refractivity contribution in [3.8, 4) is 0 Å². The van der Waals surface area contributed by atoms with Gasteiger partial charge in [0.25, 0.3) is 0 Å². The molecule has 0 bridgehead atoms. The van der Waals surface area contributed by atoms with Gasteiger partial charge < -0.3 is 5.73 Å². The fourth-order valence-corrected chi connectivity index (χ4v) is 3.33. The summed E-state index contributed by atoms with van der Waals surface area (Å²) in [5.74, 6) is 0. The van der Waals surface area contributed by atoms with E-state index in [1.807, 2.05) is 37.7 Å². The number of hydrogen-bond acceptors (Lipinski definition) is 3. The molecule has 0 saturated carbocycles. The van der Waals surface area contributed by atoms with E-state index in [2.05, 4.69) is 17.2 Å². The van der Waals surface area contributed by atoms with Gasteiger partial charge in [-0.25, -0.2) is 0 Å². The Hall–Kier alpha value is -0.970. The molecule has 102 valence electrons. The van der Waals surface area contributed by atoms with Crippen LogP contribution in [-0.2, 0) is 13.5 Å². The smallest absolute Gasteiger partial charge is 0.0987 e. The second kappa shape index (κ2) is 5.99. The highest BCUT2D eigenvalue weighted by Gasteiger charge is 2.13. The maximum atomic E-state index is 6.33. The lowest BCUT2D eigenvalue weighted by atomic mass is 10.1. The fourth-order valence-electron chi connectivity index (χ4n) is 1.96. The average molecular weight is 296 g/mol. The molecule has 19 heavy (non-hydrogen) atoms. The summed E-state index contributed by atoms with van der Waals surface area (Å²) in [5, 5.41) is 6.20. The van der Waals surface area contributed by atoms with Crippen LogP contribution in [0.25, 0.3) is 0 Å². The first-order valence-corrected chi connectivity index (χ1v) is 7.38. The van der Waals surface area contributed by atoms with Gasteiger partial charge in [-0.05, 0) is 38.0 Å². The predicted molar refractivity (Wildman–Crippen MR) is 80.9 cm³/mol. The molecule has 0 saturated heterocycles. The largest absolute Gasteiger partial charge is 0.328 e. The molecular weight excluding hydrogens is 278 g/mol. The molecule has 0 fully saturated rings. The molecule has 1 aromatic carbocycles. The number of aryl methyl sites for hydroxylation is 2. The van der Waals surface area contributed by atoms with Crippen LogP contribution in [0.1, 0.15) is 18.2 Å². The number of hydrogen-bond donors (Lipinski definition) is 1. The van der Waals surface area contributed by atoms with Crippen molar-refractivity contribution in [2.24, 2.45) is 12.8 Å². The van der Waals surface area contributed by atoms with Crippen LogP contribution in [0.2, 0.25) is 5.02 Å². The van der Waals surface area contributed by atoms with Crippen molar-refractivity contribution in [2.45, 2.75) is 36.2 Å². The minimum atomic E-state index is 0.117. The minimum Gasteiger partial charge on any atom is -0.328 e. The lowest BCUT2D eigenvalue weighted by Crippen LogP contribution is -2.18. The highest BCUT2D eigenvalue weighted by molar-refractivity contribution is 7.99. The van der Waals surface area contributed by atoms with Crippen LogP contribution in [0.3, 0.4) is 0 Å². The lowest BCUT2D eigenvalue weighted by molar-refractivity contribution is 0.691. The minimum absolute atomic E-state index is 0.117. The summed E-state index contributed by atoms with van der Waals surface area (Å²) in [5.41, 5.74) is 8.09. The Balaban J connectivity index is 2.35. The average Bonchev–Trinajstić information content (AvgIpc) is 2.61. The van der Waals surface area contributed by atoms with Crippen molar-refractivity contribution < 1.29 is 0 Å². The first-order chi connectivity index (χ1) is 8.97. The predicted octanol–water partition coefficient (Wildman–Crippen LogP) is 3.42. The summed E-state index contributed by atoms with van der Waals surface area (Å²) in [6.45, 7) is 3.99. The van der Waals surface area contributed by atoms with Crippen LogP contribution in [-0.4, -0.2) is 15.8 Å². The highest BCUT2D eigenvalue weighted by Crippen LogP contribution is 2.36. The molecule has 1 atom stereocenters. The van der Waals surface area contributed by atoms with Crippen molar-refractivity contribution in [1.29, 1.82) is 0 Å². The van der Waals surface area contributed by atoms with Gasteiger partial charge in [0.2, 0.25) is 0 Å². The number of aromatic nitrogens is 2. The lowest BCUT2D eigenvalue weighted by Gasteiger charge is -2.12. The molecule has 2 aromatic rings. The van der Waals surface area contributed by atoms with Gasteiger partial charge in [-0.3, -0.25) is 4.68 Å². The summed E-state index contributed by atoms with van der Waals surface area (Å²) < 4.78 is 1.87. The molecule has 5 heteroatoms. The summed E-state index contributed by atoms with van der Waals surface area (Å²) in [4.78, 5) is 1.07. The van der Waals surface area contributed by atoms with Crippen molar-refractivity contribution >= 4 is 23.4 Å². The van der Waals surface area contributed by atoms with Gasteiger partial charge in [-0.1, -0.05) is 35.5 Å². The molecule has 1 unspecified atom stereocenters. The van der Waals surface area contributed by atoms with E-state index in [0.29, 0.717) is 0 Å². The third kappa shape index (κ3) is 3.53. The Kier molecular flexibility index (Phi) is 4.55. The molecular formula is C14H18ClN3S. The Morgan fingerprint density at radius 2 is 2.21 bits per heavy atom. The van der Waals surface area contributed by atoms with Gasteiger partial charge in [-0.2, -0.15) is 5.10 Å². The zero-order chi connectivity index (χ0) is 14.0. The van der Waals surface area contributed by atoms with Crippen LogP contribution in [0.15, 0.2) is 34.2 Å². The first kappa shape index (κ1) is 14.4. The van der Waals surface area contributed by atoms with Crippen LogP contribution in [0.4, 0.5) is 0 Å². The second-order valence-corrected chi connectivity index (χ2v) is 6.20. The molecule has 0 radical (unpaired) electrons. The molecule has 3 nitrogen and oxygen atoms in total. The number of nitrogens with zero attached hydrogens (tertiary/aromatic N) is 2. The zero-order valence-corrected chi connectivity index (χ0v) is 12.9. The third-order valence-electron chi connectivity index (χ3n) is 2.76. The van der Waals surface area contributed by atoms with E-state index in [1.165, 1.54) is 5.56 Å². The van der Waals surface area contributed by atoms with Gasteiger partial charge >= 0.3 is 0 Å². The highest BCUT2D eigenvalue weighted by atomic mass is 35.5. The van der Waals surface area contributed by atoms with Gasteiger partial charge in [0.05, 0.1) is 15.7 Å². The van der Waals surface area contributed by atoms with Gasteiger partial charge in [0.1, 0.15) is 0 Å². The van der Waals surface area contributed by atoms with Gasteiger partial charge in [0.15, 0.2) is 0 Å². The fraction of sp³-hybridized carbons (Fsp3) is 0.357. The number of halogens is 1. The van der Waals surface area contributed by atoms with Gasteiger partial charge in [0, 0.05) is 18.0 Å². The molecule has 0 aliphatic carbocycles. The standard InChI is InChI=1S/C14H18ClN3S/c1-9(16)7-11-5-4-6-12(15)14(11)19-13-8-10(2)17-18(13)3/h4-6,8-9H,7,16H2,1-3H3.